The summed E-state index contributed by atoms with van der Waals surface area (Å²) >= 11 is 0. The molecule has 52 heavy (non-hydrogen) atoms. The van der Waals surface area contributed by atoms with Gasteiger partial charge >= 0.3 is 12.1 Å². The second kappa shape index (κ2) is 15.6. The summed E-state index contributed by atoms with van der Waals surface area (Å²) in [6.07, 6.45) is 0.188. The van der Waals surface area contributed by atoms with Gasteiger partial charge in [0.2, 0.25) is 5.91 Å². The molecule has 0 radical (unpaired) electrons. The predicted molar refractivity (Wildman–Crippen MR) is 203 cm³/mol. The van der Waals surface area contributed by atoms with Gasteiger partial charge in [-0.1, -0.05) is 54.6 Å². The summed E-state index contributed by atoms with van der Waals surface area (Å²) < 4.78 is 18.2. The first kappa shape index (κ1) is 36.7. The lowest BCUT2D eigenvalue weighted by molar-refractivity contribution is -0.134. The van der Waals surface area contributed by atoms with Crippen LogP contribution in [0.5, 0.6) is 11.8 Å². The molecular weight excluding hydrogens is 658 g/mol. The molecule has 2 aliphatic heterocycles. The Morgan fingerprint density at radius 3 is 2.37 bits per heavy atom. The van der Waals surface area contributed by atoms with Gasteiger partial charge in [0, 0.05) is 69.5 Å². The number of hydrogen-bond donors (Lipinski definition) is 0. The maximum absolute atomic E-state index is 13.5. The number of anilines is 2. The number of likely N-dealkylation sites (N-methyl/N-ethyl adjacent to an activating group) is 2. The molecule has 12 heteroatoms. The van der Waals surface area contributed by atoms with E-state index in [1.807, 2.05) is 64.0 Å². The molecule has 1 aromatic heterocycles. The summed E-state index contributed by atoms with van der Waals surface area (Å²) in [4.78, 5) is 46.4. The maximum atomic E-state index is 13.5. The van der Waals surface area contributed by atoms with Crippen LogP contribution >= 0.6 is 0 Å². The Labute approximate surface area is 306 Å². The zero-order valence-corrected chi connectivity index (χ0v) is 31.5. The topological polar surface area (TPSA) is 104 Å². The van der Waals surface area contributed by atoms with Crippen LogP contribution in [0, 0.1) is 0 Å². The predicted octanol–water partition coefficient (Wildman–Crippen LogP) is 5.23. The van der Waals surface area contributed by atoms with E-state index in [1.54, 1.807) is 19.0 Å². The Hall–Kier alpha value is -5.10. The van der Waals surface area contributed by atoms with Crippen molar-refractivity contribution in [2.24, 2.45) is 0 Å². The van der Waals surface area contributed by atoms with Crippen molar-refractivity contribution in [3.63, 3.8) is 0 Å². The fraction of sp³-hybridized carbons (Fsp3) is 0.450. The number of nitrogens with zero attached hydrogens (tertiary/aromatic N) is 7. The van der Waals surface area contributed by atoms with Crippen LogP contribution in [-0.2, 0) is 29.1 Å². The van der Waals surface area contributed by atoms with E-state index in [1.165, 1.54) is 4.90 Å². The van der Waals surface area contributed by atoms with Gasteiger partial charge in [-0.25, -0.2) is 4.79 Å². The lowest BCUT2D eigenvalue weighted by Crippen LogP contribution is -2.61. The van der Waals surface area contributed by atoms with E-state index in [0.717, 1.165) is 51.4 Å². The van der Waals surface area contributed by atoms with Crippen LogP contribution < -0.4 is 19.3 Å². The summed E-state index contributed by atoms with van der Waals surface area (Å²) in [6.45, 7) is 9.42. The average Bonchev–Trinajstić information content (AvgIpc) is 3.12. The van der Waals surface area contributed by atoms with Crippen molar-refractivity contribution in [2.75, 3.05) is 77.3 Å². The molecule has 3 aromatic carbocycles. The Morgan fingerprint density at radius 2 is 1.63 bits per heavy atom. The number of amides is 2. The second-order valence-electron chi connectivity index (χ2n) is 14.9. The molecule has 6 rings (SSSR count). The third kappa shape index (κ3) is 8.67. The molecule has 12 nitrogen and oxygen atoms in total. The van der Waals surface area contributed by atoms with Crippen molar-refractivity contribution in [1.82, 2.24) is 24.7 Å². The summed E-state index contributed by atoms with van der Waals surface area (Å²) in [7, 11) is 7.40. The molecular formula is C40H51N7O5. The van der Waals surface area contributed by atoms with E-state index in [2.05, 4.69) is 52.3 Å². The van der Waals surface area contributed by atoms with Gasteiger partial charge in [0.25, 0.3) is 0 Å². The lowest BCUT2D eigenvalue weighted by atomic mass is 10.0. The highest BCUT2D eigenvalue weighted by atomic mass is 16.6. The molecule has 1 atom stereocenters. The van der Waals surface area contributed by atoms with Gasteiger partial charge in [0.05, 0.1) is 12.2 Å². The summed E-state index contributed by atoms with van der Waals surface area (Å²) in [6, 6.07) is 22.3. The number of piperazine rings is 1. The first-order chi connectivity index (χ1) is 24.9. The van der Waals surface area contributed by atoms with Crippen molar-refractivity contribution < 1.29 is 23.8 Å². The summed E-state index contributed by atoms with van der Waals surface area (Å²) in [5.41, 5.74) is 3.40. The van der Waals surface area contributed by atoms with Crippen molar-refractivity contribution >= 4 is 34.3 Å². The number of hydrogen-bond acceptors (Lipinski definition) is 10. The minimum absolute atomic E-state index is 0.173. The van der Waals surface area contributed by atoms with Gasteiger partial charge in [0.15, 0.2) is 0 Å². The van der Waals surface area contributed by atoms with Crippen LogP contribution in [0.2, 0.25) is 0 Å². The van der Waals surface area contributed by atoms with Crippen LogP contribution in [0.15, 0.2) is 66.7 Å². The molecule has 4 aromatic rings. The third-order valence-corrected chi connectivity index (χ3v) is 9.23. The van der Waals surface area contributed by atoms with E-state index < -0.39 is 17.7 Å². The number of fused-ring (bicyclic) bond motifs is 2. The van der Waals surface area contributed by atoms with E-state index in [9.17, 15) is 9.59 Å². The highest BCUT2D eigenvalue weighted by Gasteiger charge is 2.40. The summed E-state index contributed by atoms with van der Waals surface area (Å²) in [5, 5.41) is 2.24. The smallest absolute Gasteiger partial charge is 0.411 e. The van der Waals surface area contributed by atoms with Gasteiger partial charge in [-0.05, 0) is 58.3 Å². The van der Waals surface area contributed by atoms with Gasteiger partial charge in [-0.15, -0.1) is 0 Å². The maximum Gasteiger partial charge on any atom is 0.411 e. The number of carbonyl (C=O) groups excluding carboxylic acids is 2. The van der Waals surface area contributed by atoms with E-state index in [-0.39, 0.29) is 12.5 Å². The monoisotopic (exact) mass is 709 g/mol. The second-order valence-corrected chi connectivity index (χ2v) is 14.9. The fourth-order valence-corrected chi connectivity index (χ4v) is 6.61. The number of ether oxygens (including phenoxy) is 3. The number of benzene rings is 3. The molecule has 0 N–H and O–H groups in total. The molecule has 2 aliphatic rings. The van der Waals surface area contributed by atoms with E-state index in [4.69, 9.17) is 24.2 Å². The summed E-state index contributed by atoms with van der Waals surface area (Å²) in [5.74, 6) is 1.38. The molecule has 3 heterocycles. The van der Waals surface area contributed by atoms with E-state index >= 15 is 0 Å². The molecule has 2 amide bonds. The Bertz CT molecular complexity index is 1880. The highest BCUT2D eigenvalue weighted by molar-refractivity contribution is 5.96. The first-order valence-corrected chi connectivity index (χ1v) is 17.9. The Morgan fingerprint density at radius 1 is 0.885 bits per heavy atom. The normalized spacial score (nSPS) is 16.2. The SMILES string of the molecule is CN(C)CCOc1nc2c(c(N3CCN(C(=O)OC(C)(C)C)[C@H](C(=O)N(C)C)C3)n1)CCN(c1cc(OCc3ccccc3)cc3ccccc13)C2. The lowest BCUT2D eigenvalue weighted by Gasteiger charge is -2.43. The standard InChI is InChI=1S/C40H51N7O5/c1-40(2,3)52-39(49)47-20-19-46(26-35(47)37(48)44(6)7)36-32-17-18-45(25-33(32)41-38(42-36)50-22-21-43(4)5)34-24-30(23-29-15-11-12-16-31(29)34)51-27-28-13-9-8-10-14-28/h8-16,23-24,35H,17-22,25-27H2,1-7H3/t35-/m0/s1. The van der Waals surface area contributed by atoms with Crippen LogP contribution in [0.4, 0.5) is 16.3 Å². The molecule has 0 spiro atoms. The number of rotatable bonds is 10. The van der Waals surface area contributed by atoms with Crippen molar-refractivity contribution in [3.8, 4) is 11.8 Å². The van der Waals surface area contributed by atoms with Gasteiger partial charge < -0.3 is 33.8 Å². The zero-order chi connectivity index (χ0) is 37.0. The highest BCUT2D eigenvalue weighted by Crippen LogP contribution is 2.37. The molecule has 1 saturated heterocycles. The quantitative estimate of drug-likeness (QED) is 0.218. The van der Waals surface area contributed by atoms with Crippen LogP contribution in [0.1, 0.15) is 37.6 Å². The molecule has 0 saturated carbocycles. The number of aromatic nitrogens is 2. The molecule has 0 unspecified atom stereocenters. The zero-order valence-electron chi connectivity index (χ0n) is 31.5. The van der Waals surface area contributed by atoms with Crippen LogP contribution in [0.25, 0.3) is 10.8 Å². The Kier molecular flexibility index (Phi) is 11.0. The minimum Gasteiger partial charge on any atom is -0.489 e. The Balaban J connectivity index is 1.32. The van der Waals surface area contributed by atoms with E-state index in [0.29, 0.717) is 51.8 Å². The molecule has 0 bridgehead atoms. The van der Waals surface area contributed by atoms with Crippen LogP contribution in [0.3, 0.4) is 0 Å². The van der Waals surface area contributed by atoms with Crippen molar-refractivity contribution in [2.45, 2.75) is 52.0 Å². The molecule has 1 fully saturated rings. The van der Waals surface area contributed by atoms with Gasteiger partial charge in [-0.3, -0.25) is 9.69 Å². The van der Waals surface area contributed by atoms with Gasteiger partial charge in [0.1, 0.15) is 36.4 Å². The van der Waals surface area contributed by atoms with Crippen molar-refractivity contribution in [3.05, 3.63) is 83.6 Å². The van der Waals surface area contributed by atoms with Gasteiger partial charge in [-0.2, -0.15) is 9.97 Å². The van der Waals surface area contributed by atoms with Crippen LogP contribution in [-0.4, -0.2) is 116 Å². The fourth-order valence-electron chi connectivity index (χ4n) is 6.61. The third-order valence-electron chi connectivity index (χ3n) is 9.23. The van der Waals surface area contributed by atoms with Crippen molar-refractivity contribution in [1.29, 1.82) is 0 Å². The molecule has 276 valence electrons. The minimum atomic E-state index is -0.743. The number of carbonyl (C=O) groups is 2. The first-order valence-electron chi connectivity index (χ1n) is 17.9. The molecule has 0 aliphatic carbocycles. The largest absolute Gasteiger partial charge is 0.489 e. The average molecular weight is 710 g/mol.